The van der Waals surface area contributed by atoms with Crippen molar-refractivity contribution in [1.29, 1.82) is 10.7 Å². The number of hydrogen-bond donors (Lipinski definition) is 3. The number of phosphoric acid groups is 1. The Kier molecular flexibility index (Phi) is 34.1. The Hall–Kier alpha value is -1.86. The van der Waals surface area contributed by atoms with Crippen LogP contribution in [0, 0.1) is 22.7 Å². The Morgan fingerprint density at radius 2 is 1.26 bits per heavy atom. The molecule has 62 heavy (non-hydrogen) atoms. The summed E-state index contributed by atoms with van der Waals surface area (Å²) in [7, 11) is -4.86. The van der Waals surface area contributed by atoms with Gasteiger partial charge in [-0.1, -0.05) is 168 Å². The second-order valence-electron chi connectivity index (χ2n) is 16.6. The van der Waals surface area contributed by atoms with Crippen LogP contribution in [0.1, 0.15) is 200 Å². The number of aliphatic hydroxyl groups excluding tert-OH is 1. The molecule has 0 saturated carbocycles. The van der Waals surface area contributed by atoms with E-state index in [4.69, 9.17) is 28.7 Å². The third-order valence-electron chi connectivity index (χ3n) is 11.1. The van der Waals surface area contributed by atoms with E-state index in [-0.39, 0.29) is 54.5 Å². The molecule has 0 aromatic carbocycles. The van der Waals surface area contributed by atoms with Gasteiger partial charge in [0.05, 0.1) is 25.3 Å². The first kappa shape index (κ1) is 58.2. The van der Waals surface area contributed by atoms with Gasteiger partial charge in [-0.2, -0.15) is 5.26 Å². The smallest absolute Gasteiger partial charge is 0.846 e. The molecule has 1 unspecified atom stereocenters. The van der Waals surface area contributed by atoms with E-state index in [0.717, 1.165) is 43.1 Å². The summed E-state index contributed by atoms with van der Waals surface area (Å²) in [6, 6.07) is 2.21. The average molecular weight is 905 g/mol. The third kappa shape index (κ3) is 26.8. The second-order valence-corrected chi connectivity index (χ2v) is 18.0. The number of nitriles is 1. The fourth-order valence-corrected chi connectivity index (χ4v) is 8.21. The van der Waals surface area contributed by atoms with E-state index in [2.05, 4.69) is 18.8 Å². The largest absolute Gasteiger partial charge is 1.00 e. The molecule has 0 spiro atoms. The minimum atomic E-state index is -4.86. The van der Waals surface area contributed by atoms with E-state index in [1.165, 1.54) is 128 Å². The average Bonchev–Trinajstić information content (AvgIpc) is 3.55. The van der Waals surface area contributed by atoms with Crippen molar-refractivity contribution in [3.8, 4) is 12.1 Å². The maximum absolute atomic E-state index is 12.9. The molecule has 350 valence electrons. The summed E-state index contributed by atoms with van der Waals surface area (Å²) in [5.74, 6) is -2.27. The van der Waals surface area contributed by atoms with E-state index in [0.29, 0.717) is 12.8 Å². The number of rotatable bonds is 38. The van der Waals surface area contributed by atoms with E-state index in [1.54, 1.807) is 0 Å². The minimum absolute atomic E-state index is 0. The number of nitrogens with one attached hydrogen (secondary N) is 1. The fraction of sp³-hybridized carbons (Fsp3) is 0.844. The molecule has 0 aliphatic carbocycles. The number of phosphoric ester groups is 1. The van der Waals surface area contributed by atoms with Gasteiger partial charge >= 0.3 is 49.3 Å². The molecule has 2 rings (SSSR count). The van der Waals surface area contributed by atoms with Crippen molar-refractivity contribution in [2.45, 2.75) is 218 Å². The van der Waals surface area contributed by atoms with E-state index in [1.807, 2.05) is 6.07 Å². The van der Waals surface area contributed by atoms with Gasteiger partial charge in [0.1, 0.15) is 30.2 Å². The van der Waals surface area contributed by atoms with Crippen LogP contribution in [0.3, 0.4) is 0 Å². The minimum Gasteiger partial charge on any atom is -0.846 e. The molecule has 1 aliphatic heterocycles. The van der Waals surface area contributed by atoms with Gasteiger partial charge in [0, 0.05) is 19.0 Å². The first-order valence-electron chi connectivity index (χ1n) is 23.5. The normalized spacial score (nSPS) is 18.7. The van der Waals surface area contributed by atoms with Crippen molar-refractivity contribution < 1.29 is 82.1 Å². The van der Waals surface area contributed by atoms with Crippen LogP contribution in [0.15, 0.2) is 12.3 Å². The van der Waals surface area contributed by atoms with Gasteiger partial charge in [-0.15, -0.1) is 0 Å². The molecule has 0 radical (unpaired) electrons. The number of esters is 2. The predicted octanol–water partition coefficient (Wildman–Crippen LogP) is 6.39. The molecule has 1 saturated heterocycles. The number of nitrogens with zero attached hydrogens (tertiary/aromatic N) is 3. The zero-order chi connectivity index (χ0) is 44.6. The maximum Gasteiger partial charge on any atom is 1.00 e. The summed E-state index contributed by atoms with van der Waals surface area (Å²) < 4.78 is 40.7. The molecular weight excluding hydrogens is 826 g/mol. The Morgan fingerprint density at radius 3 is 1.71 bits per heavy atom. The molecule has 1 aliphatic rings. The van der Waals surface area contributed by atoms with Crippen LogP contribution < -0.4 is 40.2 Å². The summed E-state index contributed by atoms with van der Waals surface area (Å²) in [6.07, 6.45) is 26.7. The summed E-state index contributed by atoms with van der Waals surface area (Å²) in [6.45, 7) is 2.77. The number of unbranched alkanes of at least 4 members (excludes halogenated alkanes) is 24. The Morgan fingerprint density at radius 1 is 0.806 bits per heavy atom. The maximum atomic E-state index is 12.9. The van der Waals surface area contributed by atoms with Gasteiger partial charge in [-0.05, 0) is 18.9 Å². The number of hydrogen-bond acceptors (Lipinski definition) is 13. The monoisotopic (exact) mass is 905 g/mol. The van der Waals surface area contributed by atoms with Crippen molar-refractivity contribution in [2.75, 3.05) is 19.8 Å². The van der Waals surface area contributed by atoms with Crippen LogP contribution in [-0.4, -0.2) is 69.6 Å². The van der Waals surface area contributed by atoms with E-state index < -0.39 is 69.4 Å². The third-order valence-corrected chi connectivity index (χ3v) is 12.1. The topological polar surface area (TPSA) is 226 Å². The fourth-order valence-electron chi connectivity index (χ4n) is 7.44. The van der Waals surface area contributed by atoms with Crippen molar-refractivity contribution in [3.63, 3.8) is 0 Å². The van der Waals surface area contributed by atoms with Gasteiger partial charge in [0.25, 0.3) is 0 Å². The molecule has 0 amide bonds. The summed E-state index contributed by atoms with van der Waals surface area (Å²) >= 11 is 0. The van der Waals surface area contributed by atoms with Gasteiger partial charge in [0.2, 0.25) is 0 Å². The predicted molar refractivity (Wildman–Crippen MR) is 230 cm³/mol. The number of aromatic nitrogens is 2. The van der Waals surface area contributed by atoms with Crippen molar-refractivity contribution in [2.24, 2.45) is 5.92 Å². The van der Waals surface area contributed by atoms with Gasteiger partial charge in [-0.3, -0.25) is 24.0 Å². The van der Waals surface area contributed by atoms with Gasteiger partial charge < -0.3 is 33.9 Å². The molecule has 1 fully saturated rings. The van der Waals surface area contributed by atoms with Gasteiger partial charge in [0.15, 0.2) is 12.3 Å². The molecule has 17 heteroatoms. The van der Waals surface area contributed by atoms with Crippen LogP contribution in [-0.2, 0) is 37.4 Å². The Labute approximate surface area is 393 Å². The SMILES string of the molecule is CCCCCCCCCCCCCCCC(=O)OC[C@@H](COP(=O)(O)OC[C@H]1O[C@@H](n2ccc(=N)nc2[O-])[C@H](C#N)[C@@H]1O)OC(=O)CCCCCCCCCCCCCCC.[Na+]. The molecule has 6 atom stereocenters. The van der Waals surface area contributed by atoms with E-state index >= 15 is 0 Å². The first-order valence-corrected chi connectivity index (χ1v) is 25.0. The first-order chi connectivity index (χ1) is 29.5. The van der Waals surface area contributed by atoms with Crippen molar-refractivity contribution in [3.05, 3.63) is 17.8 Å². The summed E-state index contributed by atoms with van der Waals surface area (Å²) in [5.41, 5.74) is -0.292. The van der Waals surface area contributed by atoms with Gasteiger partial charge in [-0.25, -0.2) is 9.55 Å². The number of ether oxygens (including phenoxy) is 3. The van der Waals surface area contributed by atoms with Crippen LogP contribution in [0.5, 0.6) is 6.01 Å². The molecule has 1 aromatic rings. The number of carbonyl (C=O) groups is 2. The number of carbonyl (C=O) groups excluding carboxylic acids is 2. The molecular formula is C45H78N4NaO11P. The van der Waals surface area contributed by atoms with E-state index in [9.17, 15) is 34.5 Å². The molecule has 0 bridgehead atoms. The summed E-state index contributed by atoms with van der Waals surface area (Å²) in [4.78, 5) is 39.4. The second kappa shape index (κ2) is 36.4. The molecule has 1 aromatic heterocycles. The Bertz CT molecular complexity index is 1480. The molecule has 2 heterocycles. The molecule has 15 nitrogen and oxygen atoms in total. The van der Waals surface area contributed by atoms with Crippen LogP contribution in [0.2, 0.25) is 0 Å². The van der Waals surface area contributed by atoms with Crippen molar-refractivity contribution in [1.82, 2.24) is 9.55 Å². The zero-order valence-electron chi connectivity index (χ0n) is 38.3. The Balaban J connectivity index is 0.0000192. The number of aliphatic hydroxyl groups is 1. The van der Waals surface area contributed by atoms with Crippen molar-refractivity contribution >= 4 is 19.8 Å². The quantitative estimate of drug-likeness (QED) is 0.0283. The van der Waals surface area contributed by atoms with Crippen LogP contribution >= 0.6 is 7.82 Å². The summed E-state index contributed by atoms with van der Waals surface area (Å²) in [5, 5.41) is 40.2. The molecule has 3 N–H and O–H groups in total. The standard InChI is InChI=1S/C45H79N4O11P.Na/c1-3-5-7-9-11-13-15-17-19-21-23-25-27-29-41(50)56-34-37(59-42(51)30-28-26-24-22-20-18-16-14-12-10-8-6-4-2)35-57-61(54,55)58-36-39-43(52)38(33-46)44(60-39)49-32-31-40(47)48-45(49)53;/h31-32,37-39,43-44,52H,3-30,34-36H2,1-2H3,(H,54,55)(H2,47,48,53);/q;+1/p-1/t37-,38+,39+,43-,44+;/m0./s1. The zero-order valence-corrected chi connectivity index (χ0v) is 41.2. The van der Waals surface area contributed by atoms with Crippen LogP contribution in [0.4, 0.5) is 0 Å². The van der Waals surface area contributed by atoms with Crippen LogP contribution in [0.25, 0.3) is 0 Å².